The highest BCUT2D eigenvalue weighted by atomic mass is 19.1. The van der Waals surface area contributed by atoms with Gasteiger partial charge in [0.25, 0.3) is 0 Å². The first-order valence-corrected chi connectivity index (χ1v) is 9.52. The molecule has 0 saturated heterocycles. The molecule has 4 nitrogen and oxygen atoms in total. The van der Waals surface area contributed by atoms with Gasteiger partial charge in [-0.05, 0) is 55.7 Å². The molecule has 0 bridgehead atoms. The van der Waals surface area contributed by atoms with Crippen LogP contribution in [0.5, 0.6) is 0 Å². The van der Waals surface area contributed by atoms with E-state index in [2.05, 4.69) is 36.3 Å². The maximum Gasteiger partial charge on any atom is 0.227 e. The van der Waals surface area contributed by atoms with Crippen LogP contribution < -0.4 is 0 Å². The molecule has 0 aliphatic heterocycles. The Hall–Kier alpha value is -2.95. The third kappa shape index (κ3) is 4.30. The van der Waals surface area contributed by atoms with Gasteiger partial charge in [0, 0.05) is 24.8 Å². The summed E-state index contributed by atoms with van der Waals surface area (Å²) in [6.45, 7) is 6.54. The van der Waals surface area contributed by atoms with E-state index in [9.17, 15) is 9.18 Å². The Balaban J connectivity index is 1.73. The molecule has 3 aromatic rings. The second-order valence-electron chi connectivity index (χ2n) is 7.13. The van der Waals surface area contributed by atoms with Gasteiger partial charge in [-0.3, -0.25) is 4.79 Å². The molecule has 1 amide bonds. The van der Waals surface area contributed by atoms with Crippen molar-refractivity contribution in [3.63, 3.8) is 0 Å². The van der Waals surface area contributed by atoms with Crippen LogP contribution in [0.25, 0.3) is 5.69 Å². The largest absolute Gasteiger partial charge is 0.341 e. The molecule has 0 aliphatic carbocycles. The van der Waals surface area contributed by atoms with Crippen LogP contribution in [0.4, 0.5) is 4.39 Å². The fraction of sp³-hybridized carbons (Fsp3) is 0.304. The fourth-order valence-corrected chi connectivity index (χ4v) is 3.29. The Morgan fingerprint density at radius 1 is 1.04 bits per heavy atom. The van der Waals surface area contributed by atoms with E-state index in [1.165, 1.54) is 17.7 Å². The highest BCUT2D eigenvalue weighted by Crippen LogP contribution is 2.20. The number of aromatic nitrogens is 2. The lowest BCUT2D eigenvalue weighted by Crippen LogP contribution is -2.28. The predicted octanol–water partition coefficient (Wildman–Crippen LogP) is 4.39. The summed E-state index contributed by atoms with van der Waals surface area (Å²) in [5.41, 5.74) is 5.82. The maximum atomic E-state index is 13.2. The van der Waals surface area contributed by atoms with Crippen LogP contribution in [0.1, 0.15) is 35.0 Å². The lowest BCUT2D eigenvalue weighted by atomic mass is 10.1. The number of likely N-dealkylation sites (N-methyl/N-ethyl adjacent to an activating group) is 1. The zero-order valence-corrected chi connectivity index (χ0v) is 16.9. The molecule has 0 unspecified atom stereocenters. The molecule has 0 atom stereocenters. The number of halogens is 1. The molecule has 5 heteroatoms. The van der Waals surface area contributed by atoms with E-state index in [0.29, 0.717) is 13.0 Å². The average molecular weight is 379 g/mol. The van der Waals surface area contributed by atoms with E-state index in [0.717, 1.165) is 34.6 Å². The van der Waals surface area contributed by atoms with Crippen molar-refractivity contribution in [2.75, 3.05) is 7.05 Å². The van der Waals surface area contributed by atoms with Crippen molar-refractivity contribution in [2.24, 2.45) is 0 Å². The van der Waals surface area contributed by atoms with Crippen molar-refractivity contribution in [1.29, 1.82) is 0 Å². The van der Waals surface area contributed by atoms with Crippen LogP contribution in [0, 0.1) is 19.7 Å². The van der Waals surface area contributed by atoms with Gasteiger partial charge < -0.3 is 4.90 Å². The number of hydrogen-bond acceptors (Lipinski definition) is 2. The summed E-state index contributed by atoms with van der Waals surface area (Å²) in [6.07, 6.45) is 1.30. The number of amides is 1. The standard InChI is InChI=1S/C23H26FN3O/c1-5-18-6-8-19(9-7-18)15-26(4)23(28)14-22-16(2)25-27(17(22)3)21-12-10-20(24)11-13-21/h6-13H,5,14-15H2,1-4H3. The number of benzene rings is 2. The van der Waals surface area contributed by atoms with Crippen molar-refractivity contribution in [3.05, 3.63) is 82.4 Å². The number of aryl methyl sites for hydroxylation is 2. The van der Waals surface area contributed by atoms with Gasteiger partial charge in [-0.1, -0.05) is 31.2 Å². The van der Waals surface area contributed by atoms with Crippen LogP contribution in [0.2, 0.25) is 0 Å². The summed E-state index contributed by atoms with van der Waals surface area (Å²) in [7, 11) is 1.82. The lowest BCUT2D eigenvalue weighted by molar-refractivity contribution is -0.129. The van der Waals surface area contributed by atoms with Crippen LogP contribution in [-0.2, 0) is 24.2 Å². The summed E-state index contributed by atoms with van der Waals surface area (Å²) >= 11 is 0. The SMILES string of the molecule is CCc1ccc(CN(C)C(=O)Cc2c(C)nn(-c3ccc(F)cc3)c2C)cc1. The number of carbonyl (C=O) groups excluding carboxylic acids is 1. The number of hydrogen-bond donors (Lipinski definition) is 0. The van der Waals surface area contributed by atoms with Crippen molar-refractivity contribution >= 4 is 5.91 Å². The van der Waals surface area contributed by atoms with E-state index in [1.807, 2.05) is 20.9 Å². The smallest absolute Gasteiger partial charge is 0.227 e. The van der Waals surface area contributed by atoms with Gasteiger partial charge >= 0.3 is 0 Å². The minimum Gasteiger partial charge on any atom is -0.341 e. The normalized spacial score (nSPS) is 10.9. The molecular weight excluding hydrogens is 353 g/mol. The Kier molecular flexibility index (Phi) is 5.93. The number of carbonyl (C=O) groups is 1. The first kappa shape index (κ1) is 19.8. The van der Waals surface area contributed by atoms with Crippen LogP contribution in [0.3, 0.4) is 0 Å². The highest BCUT2D eigenvalue weighted by molar-refractivity contribution is 5.79. The molecule has 28 heavy (non-hydrogen) atoms. The third-order valence-electron chi connectivity index (χ3n) is 5.12. The molecule has 0 aliphatic rings. The van der Waals surface area contributed by atoms with E-state index >= 15 is 0 Å². The fourth-order valence-electron chi connectivity index (χ4n) is 3.29. The zero-order chi connectivity index (χ0) is 20.3. The molecule has 0 spiro atoms. The van der Waals surface area contributed by atoms with Gasteiger partial charge in [0.15, 0.2) is 0 Å². The molecule has 0 radical (unpaired) electrons. The second-order valence-corrected chi connectivity index (χ2v) is 7.13. The molecule has 3 rings (SSSR count). The Bertz CT molecular complexity index is 959. The quantitative estimate of drug-likeness (QED) is 0.637. The summed E-state index contributed by atoms with van der Waals surface area (Å²) in [5.74, 6) is -0.237. The van der Waals surface area contributed by atoms with Crippen molar-refractivity contribution < 1.29 is 9.18 Å². The van der Waals surface area contributed by atoms with Crippen LogP contribution in [0.15, 0.2) is 48.5 Å². The van der Waals surface area contributed by atoms with Gasteiger partial charge in [-0.25, -0.2) is 9.07 Å². The molecule has 1 heterocycles. The zero-order valence-electron chi connectivity index (χ0n) is 16.9. The molecule has 0 N–H and O–H groups in total. The molecule has 0 fully saturated rings. The Morgan fingerprint density at radius 3 is 2.25 bits per heavy atom. The first-order chi connectivity index (χ1) is 13.4. The summed E-state index contributed by atoms with van der Waals surface area (Å²) in [5, 5.41) is 4.55. The summed E-state index contributed by atoms with van der Waals surface area (Å²) < 4.78 is 15.0. The van der Waals surface area contributed by atoms with E-state index < -0.39 is 0 Å². The monoisotopic (exact) mass is 379 g/mol. The second kappa shape index (κ2) is 8.38. The van der Waals surface area contributed by atoms with Gasteiger partial charge in [-0.2, -0.15) is 5.10 Å². The number of nitrogens with zero attached hydrogens (tertiary/aromatic N) is 3. The summed E-state index contributed by atoms with van der Waals surface area (Å²) in [4.78, 5) is 14.5. The van der Waals surface area contributed by atoms with E-state index in [4.69, 9.17) is 0 Å². The number of rotatable bonds is 6. The van der Waals surface area contributed by atoms with Crippen molar-refractivity contribution in [3.8, 4) is 5.69 Å². The van der Waals surface area contributed by atoms with E-state index in [1.54, 1.807) is 21.7 Å². The first-order valence-electron chi connectivity index (χ1n) is 9.52. The van der Waals surface area contributed by atoms with Crippen molar-refractivity contribution in [1.82, 2.24) is 14.7 Å². The molecule has 0 saturated carbocycles. The highest BCUT2D eigenvalue weighted by Gasteiger charge is 2.18. The third-order valence-corrected chi connectivity index (χ3v) is 5.12. The van der Waals surface area contributed by atoms with E-state index in [-0.39, 0.29) is 11.7 Å². The summed E-state index contributed by atoms with van der Waals surface area (Å²) in [6, 6.07) is 14.6. The minimum atomic E-state index is -0.283. The minimum absolute atomic E-state index is 0.0458. The molecule has 146 valence electrons. The maximum absolute atomic E-state index is 13.2. The van der Waals surface area contributed by atoms with Gasteiger partial charge in [0.05, 0.1) is 17.8 Å². The predicted molar refractivity (Wildman–Crippen MR) is 109 cm³/mol. The van der Waals surface area contributed by atoms with Crippen LogP contribution in [-0.4, -0.2) is 27.6 Å². The van der Waals surface area contributed by atoms with Crippen LogP contribution >= 0.6 is 0 Å². The topological polar surface area (TPSA) is 38.1 Å². The van der Waals surface area contributed by atoms with Gasteiger partial charge in [-0.15, -0.1) is 0 Å². The Labute approximate surface area is 165 Å². The Morgan fingerprint density at radius 2 is 1.64 bits per heavy atom. The lowest BCUT2D eigenvalue weighted by Gasteiger charge is -2.18. The van der Waals surface area contributed by atoms with Gasteiger partial charge in [0.2, 0.25) is 5.91 Å². The molecular formula is C23H26FN3O. The van der Waals surface area contributed by atoms with Crippen molar-refractivity contribution in [2.45, 2.75) is 40.2 Å². The molecule has 2 aromatic carbocycles. The van der Waals surface area contributed by atoms with Gasteiger partial charge in [0.1, 0.15) is 5.82 Å². The molecule has 1 aromatic heterocycles. The average Bonchev–Trinajstić information content (AvgIpc) is 2.97.